The summed E-state index contributed by atoms with van der Waals surface area (Å²) in [6.07, 6.45) is 1.24. The van der Waals surface area contributed by atoms with E-state index in [0.29, 0.717) is 48.1 Å². The van der Waals surface area contributed by atoms with Gasteiger partial charge in [-0.1, -0.05) is 65.7 Å². The van der Waals surface area contributed by atoms with Gasteiger partial charge in [0.2, 0.25) is 15.9 Å². The SMILES string of the molecule is O=C(NCCOc1cccc2ccccc12)[C@@H]1CCCN(S(=O)(=O)Cc2c(Cl)cccc2Cl)C1. The zero-order chi connectivity index (χ0) is 24.1. The first kappa shape index (κ1) is 24.8. The quantitative estimate of drug-likeness (QED) is 0.429. The molecule has 6 nitrogen and oxygen atoms in total. The molecule has 0 radical (unpaired) electrons. The van der Waals surface area contributed by atoms with Crippen molar-refractivity contribution >= 4 is 49.9 Å². The number of nitrogens with zero attached hydrogens (tertiary/aromatic N) is 1. The minimum absolute atomic E-state index is 0.139. The van der Waals surface area contributed by atoms with Crippen LogP contribution in [0.2, 0.25) is 10.0 Å². The molecule has 0 aromatic heterocycles. The third-order valence-electron chi connectivity index (χ3n) is 5.95. The molecule has 1 aliphatic heterocycles. The predicted molar refractivity (Wildman–Crippen MR) is 136 cm³/mol. The first-order valence-corrected chi connectivity index (χ1v) is 13.5. The fourth-order valence-electron chi connectivity index (χ4n) is 4.15. The van der Waals surface area contributed by atoms with E-state index in [1.807, 2.05) is 42.5 Å². The number of nitrogens with one attached hydrogen (secondary N) is 1. The molecule has 4 rings (SSSR count). The third-order valence-corrected chi connectivity index (χ3v) is 8.43. The topological polar surface area (TPSA) is 75.7 Å². The first-order chi connectivity index (χ1) is 16.3. The molecule has 1 atom stereocenters. The van der Waals surface area contributed by atoms with Crippen LogP contribution in [0.1, 0.15) is 18.4 Å². The van der Waals surface area contributed by atoms with Gasteiger partial charge in [0, 0.05) is 34.1 Å². The average molecular weight is 521 g/mol. The Morgan fingerprint density at radius 3 is 2.53 bits per heavy atom. The van der Waals surface area contributed by atoms with Crippen molar-refractivity contribution in [1.82, 2.24) is 9.62 Å². The van der Waals surface area contributed by atoms with Crippen LogP contribution in [0, 0.1) is 5.92 Å². The summed E-state index contributed by atoms with van der Waals surface area (Å²) in [6, 6.07) is 18.7. The number of rotatable bonds is 8. The molecule has 3 aromatic rings. The highest BCUT2D eigenvalue weighted by Gasteiger charge is 2.33. The van der Waals surface area contributed by atoms with Gasteiger partial charge in [0.25, 0.3) is 0 Å². The van der Waals surface area contributed by atoms with Crippen molar-refractivity contribution < 1.29 is 17.9 Å². The van der Waals surface area contributed by atoms with Crippen molar-refractivity contribution in [3.05, 3.63) is 76.3 Å². The van der Waals surface area contributed by atoms with Gasteiger partial charge >= 0.3 is 0 Å². The number of ether oxygens (including phenoxy) is 1. The second-order valence-electron chi connectivity index (χ2n) is 8.27. The monoisotopic (exact) mass is 520 g/mol. The Balaban J connectivity index is 1.31. The van der Waals surface area contributed by atoms with Crippen molar-refractivity contribution in [1.29, 1.82) is 0 Å². The summed E-state index contributed by atoms with van der Waals surface area (Å²) in [5.41, 5.74) is 0.378. The standard InChI is InChI=1S/C25H26Cl2N2O4S/c26-22-10-4-11-23(27)21(22)17-34(31,32)29-14-5-8-19(16-29)25(30)28-13-15-33-24-12-3-7-18-6-1-2-9-20(18)24/h1-4,6-7,9-12,19H,5,8,13-17H2,(H,28,30)/t19-/m1/s1. The minimum Gasteiger partial charge on any atom is -0.491 e. The van der Waals surface area contributed by atoms with E-state index in [4.69, 9.17) is 27.9 Å². The van der Waals surface area contributed by atoms with E-state index in [0.717, 1.165) is 16.5 Å². The molecule has 0 saturated carbocycles. The highest BCUT2D eigenvalue weighted by molar-refractivity contribution is 7.88. The van der Waals surface area contributed by atoms with E-state index >= 15 is 0 Å². The highest BCUT2D eigenvalue weighted by atomic mass is 35.5. The number of piperidine rings is 1. The van der Waals surface area contributed by atoms with Gasteiger partial charge < -0.3 is 10.1 Å². The molecule has 1 aliphatic rings. The van der Waals surface area contributed by atoms with E-state index in [1.165, 1.54) is 4.31 Å². The van der Waals surface area contributed by atoms with E-state index in [9.17, 15) is 13.2 Å². The van der Waals surface area contributed by atoms with Crippen LogP contribution in [0.4, 0.5) is 0 Å². The van der Waals surface area contributed by atoms with Gasteiger partial charge in [-0.2, -0.15) is 0 Å². The highest BCUT2D eigenvalue weighted by Crippen LogP contribution is 2.29. The Morgan fingerprint density at radius 1 is 1.03 bits per heavy atom. The van der Waals surface area contributed by atoms with Gasteiger partial charge in [0.05, 0.1) is 18.2 Å². The largest absolute Gasteiger partial charge is 0.491 e. The van der Waals surface area contributed by atoms with Crippen LogP contribution < -0.4 is 10.1 Å². The Kier molecular flexibility index (Phi) is 7.99. The summed E-state index contributed by atoms with van der Waals surface area (Å²) in [5.74, 6) is -0.112. The molecule has 180 valence electrons. The molecule has 1 N–H and O–H groups in total. The second-order valence-corrected chi connectivity index (χ2v) is 11.1. The molecule has 34 heavy (non-hydrogen) atoms. The summed E-state index contributed by atoms with van der Waals surface area (Å²) < 4.78 is 33.3. The van der Waals surface area contributed by atoms with Crippen LogP contribution in [0.5, 0.6) is 5.75 Å². The van der Waals surface area contributed by atoms with Crippen LogP contribution in [-0.2, 0) is 20.6 Å². The molecule has 0 bridgehead atoms. The lowest BCUT2D eigenvalue weighted by Gasteiger charge is -2.31. The molecule has 1 fully saturated rings. The zero-order valence-electron chi connectivity index (χ0n) is 18.5. The van der Waals surface area contributed by atoms with E-state index in [2.05, 4.69) is 5.32 Å². The Bertz CT molecular complexity index is 1260. The van der Waals surface area contributed by atoms with E-state index < -0.39 is 15.9 Å². The van der Waals surface area contributed by atoms with Gasteiger partial charge in [-0.15, -0.1) is 0 Å². The lowest BCUT2D eigenvalue weighted by molar-refractivity contribution is -0.126. The number of sulfonamides is 1. The van der Waals surface area contributed by atoms with Crippen molar-refractivity contribution in [3.63, 3.8) is 0 Å². The number of benzene rings is 3. The number of hydrogen-bond donors (Lipinski definition) is 1. The Labute approximate surface area is 209 Å². The number of amides is 1. The molecule has 1 amide bonds. The molecule has 9 heteroatoms. The van der Waals surface area contributed by atoms with Crippen LogP contribution in [-0.4, -0.2) is 44.9 Å². The molecule has 1 saturated heterocycles. The van der Waals surface area contributed by atoms with Crippen LogP contribution >= 0.6 is 23.2 Å². The van der Waals surface area contributed by atoms with Gasteiger partial charge in [-0.3, -0.25) is 4.79 Å². The van der Waals surface area contributed by atoms with Gasteiger partial charge in [0.15, 0.2) is 0 Å². The summed E-state index contributed by atoms with van der Waals surface area (Å²) >= 11 is 12.3. The van der Waals surface area contributed by atoms with Crippen molar-refractivity contribution in [2.24, 2.45) is 5.92 Å². The summed E-state index contributed by atoms with van der Waals surface area (Å²) in [4.78, 5) is 12.7. The number of carbonyl (C=O) groups excluding carboxylic acids is 1. The van der Waals surface area contributed by atoms with Crippen LogP contribution in [0.25, 0.3) is 10.8 Å². The summed E-state index contributed by atoms with van der Waals surface area (Å²) in [5, 5.41) is 5.62. The number of carbonyl (C=O) groups is 1. The van der Waals surface area contributed by atoms with Gasteiger partial charge in [-0.05, 0) is 36.4 Å². The number of hydrogen-bond acceptors (Lipinski definition) is 4. The summed E-state index contributed by atoms with van der Waals surface area (Å²) in [6.45, 7) is 1.17. The molecular weight excluding hydrogens is 495 g/mol. The Morgan fingerprint density at radius 2 is 1.74 bits per heavy atom. The molecule has 0 aliphatic carbocycles. The maximum absolute atomic E-state index is 13.0. The fraction of sp³-hybridized carbons (Fsp3) is 0.320. The van der Waals surface area contributed by atoms with Crippen LogP contribution in [0.15, 0.2) is 60.7 Å². The summed E-state index contributed by atoms with van der Waals surface area (Å²) in [7, 11) is -3.67. The number of fused-ring (bicyclic) bond motifs is 1. The molecule has 0 spiro atoms. The molecule has 0 unspecified atom stereocenters. The first-order valence-electron chi connectivity index (χ1n) is 11.1. The number of halogens is 2. The van der Waals surface area contributed by atoms with Crippen molar-refractivity contribution in [3.8, 4) is 5.75 Å². The minimum atomic E-state index is -3.67. The zero-order valence-corrected chi connectivity index (χ0v) is 20.9. The van der Waals surface area contributed by atoms with Gasteiger partial charge in [-0.25, -0.2) is 12.7 Å². The second kappa shape index (κ2) is 11.0. The average Bonchev–Trinajstić information content (AvgIpc) is 2.84. The van der Waals surface area contributed by atoms with Crippen LogP contribution in [0.3, 0.4) is 0 Å². The lowest BCUT2D eigenvalue weighted by Crippen LogP contribution is -2.46. The maximum Gasteiger partial charge on any atom is 0.224 e. The lowest BCUT2D eigenvalue weighted by atomic mass is 9.99. The predicted octanol–water partition coefficient (Wildman–Crippen LogP) is 4.88. The van der Waals surface area contributed by atoms with Crippen molar-refractivity contribution in [2.45, 2.75) is 18.6 Å². The van der Waals surface area contributed by atoms with E-state index in [-0.39, 0.29) is 18.2 Å². The maximum atomic E-state index is 13.0. The van der Waals surface area contributed by atoms with E-state index in [1.54, 1.807) is 18.2 Å². The smallest absolute Gasteiger partial charge is 0.224 e. The molecular formula is C25H26Cl2N2O4S. The Hall–Kier alpha value is -2.32. The van der Waals surface area contributed by atoms with Crippen molar-refractivity contribution in [2.75, 3.05) is 26.2 Å². The normalized spacial score (nSPS) is 16.9. The fourth-order valence-corrected chi connectivity index (χ4v) is 6.52. The van der Waals surface area contributed by atoms with Gasteiger partial charge in [0.1, 0.15) is 12.4 Å². The third kappa shape index (κ3) is 5.84. The molecule has 1 heterocycles. The molecule has 3 aromatic carbocycles.